The van der Waals surface area contributed by atoms with Crippen LogP contribution >= 0.6 is 19.0 Å². The molecule has 21 nitrogen and oxygen atoms in total. The van der Waals surface area contributed by atoms with Crippen LogP contribution < -0.4 is 21.7 Å². The Labute approximate surface area is 249 Å². The van der Waals surface area contributed by atoms with Gasteiger partial charge >= 0.3 is 17.1 Å². The molecule has 0 aliphatic carbocycles. The Balaban J connectivity index is 1.19. The third kappa shape index (κ3) is 5.20. The van der Waals surface area contributed by atoms with E-state index >= 15 is 4.39 Å². The summed E-state index contributed by atoms with van der Waals surface area (Å²) in [5, 5.41) is 7.64. The van der Waals surface area contributed by atoms with Crippen LogP contribution in [0.2, 0.25) is 0 Å². The van der Waals surface area contributed by atoms with Crippen molar-refractivity contribution >= 4 is 63.4 Å². The van der Waals surface area contributed by atoms with Gasteiger partial charge in [0.15, 0.2) is 41.3 Å². The lowest BCUT2D eigenvalue weighted by atomic mass is 10.1. The van der Waals surface area contributed by atoms with E-state index in [2.05, 4.69) is 52.2 Å². The summed E-state index contributed by atoms with van der Waals surface area (Å²) in [5.41, 5.74) is 10.8. The molecule has 2 bridgehead atoms. The molecule has 3 saturated heterocycles. The summed E-state index contributed by atoms with van der Waals surface area (Å²) in [6, 6.07) is 0. The van der Waals surface area contributed by atoms with Crippen molar-refractivity contribution in [3.8, 4) is 0 Å². The van der Waals surface area contributed by atoms with Gasteiger partial charge in [-0.3, -0.25) is 23.4 Å². The summed E-state index contributed by atoms with van der Waals surface area (Å²) in [6.07, 6.45) is -7.79. The minimum Gasteiger partial charge on any atom is -0.382 e. The monoisotopic (exact) mass is 676 g/mol. The van der Waals surface area contributed by atoms with Gasteiger partial charge in [0.2, 0.25) is 5.95 Å². The fraction of sp³-hybridized carbons (Fsp3) is 0.526. The first kappa shape index (κ1) is 29.4. The molecule has 25 heteroatoms. The van der Waals surface area contributed by atoms with Crippen LogP contribution in [0, 0.1) is 0 Å². The number of rotatable bonds is 2. The molecule has 0 amide bonds. The Hall–Kier alpha value is -3.35. The van der Waals surface area contributed by atoms with Crippen LogP contribution in [0.1, 0.15) is 18.9 Å². The molecule has 44 heavy (non-hydrogen) atoms. The minimum absolute atomic E-state index is 0.0409. The molecular formula is C19H22FN12O9PS2. The Morgan fingerprint density at radius 1 is 1.11 bits per heavy atom. The van der Waals surface area contributed by atoms with Crippen molar-refractivity contribution < 1.29 is 40.1 Å². The van der Waals surface area contributed by atoms with Crippen LogP contribution in [0.3, 0.4) is 0 Å². The highest BCUT2D eigenvalue weighted by Crippen LogP contribution is 2.57. The van der Waals surface area contributed by atoms with Gasteiger partial charge in [-0.25, -0.2) is 28.1 Å². The highest BCUT2D eigenvalue weighted by Gasteiger charge is 2.51. The van der Waals surface area contributed by atoms with E-state index < -0.39 is 78.9 Å². The number of nitrogens with one attached hydrogen (secondary N) is 2. The van der Waals surface area contributed by atoms with Gasteiger partial charge in [-0.1, -0.05) is 17.5 Å². The van der Waals surface area contributed by atoms with Crippen molar-refractivity contribution in [3.63, 3.8) is 0 Å². The zero-order valence-electron chi connectivity index (χ0n) is 21.9. The quantitative estimate of drug-likeness (QED) is 0.122. The molecule has 3 aliphatic heterocycles. The summed E-state index contributed by atoms with van der Waals surface area (Å²) >= 11 is 4.00. The second kappa shape index (κ2) is 10.6. The lowest BCUT2D eigenvalue weighted by Crippen LogP contribution is -2.41. The second-order valence-corrected chi connectivity index (χ2v) is 14.2. The van der Waals surface area contributed by atoms with Crippen molar-refractivity contribution in [2.75, 3.05) is 24.6 Å². The van der Waals surface area contributed by atoms with Gasteiger partial charge in [-0.2, -0.15) is 22.8 Å². The molecule has 8 atom stereocenters. The topological polar surface area (TPSA) is 281 Å². The van der Waals surface area contributed by atoms with Crippen LogP contribution in [0.15, 0.2) is 17.4 Å². The van der Waals surface area contributed by atoms with E-state index in [0.29, 0.717) is 0 Å². The van der Waals surface area contributed by atoms with E-state index in [-0.39, 0.29) is 40.5 Å². The van der Waals surface area contributed by atoms with Gasteiger partial charge in [0, 0.05) is 13.0 Å². The first-order valence-electron chi connectivity index (χ1n) is 12.7. The number of imidazole rings is 1. The van der Waals surface area contributed by atoms with E-state index in [4.69, 9.17) is 34.2 Å². The number of halogens is 1. The first-order chi connectivity index (χ1) is 20.9. The number of hydrogen-bond acceptors (Lipinski definition) is 17. The molecular weight excluding hydrogens is 654 g/mol. The summed E-state index contributed by atoms with van der Waals surface area (Å²) < 4.78 is 87.9. The lowest BCUT2D eigenvalue weighted by molar-refractivity contribution is -0.0504. The molecule has 3 fully saturated rings. The Kier molecular flexibility index (Phi) is 7.09. The zero-order chi connectivity index (χ0) is 31.0. The van der Waals surface area contributed by atoms with Crippen molar-refractivity contribution in [2.45, 2.75) is 49.5 Å². The number of nitrogens with zero attached hydrogens (tertiary/aromatic N) is 8. The van der Waals surface area contributed by atoms with E-state index in [9.17, 15) is 17.8 Å². The van der Waals surface area contributed by atoms with Crippen molar-refractivity contribution in [3.05, 3.63) is 23.0 Å². The SMILES string of the molecule is Nc1nc2c(nnn2[C@@H]2O[C@@H]3CO[P@](=O)(S)O[C@H]4[C@@H](F)[C@H](n5cnc6c(N)ncnc65)O[C@@H]4CNS(=O)(=O)O[C@@H]2C3)c(=O)[nH]1. The number of nitrogens with two attached hydrogens (primary N) is 2. The third-order valence-electron chi connectivity index (χ3n) is 7.06. The number of thiol groups is 1. The maximum Gasteiger partial charge on any atom is 0.386 e. The standard InChI is InChI=1S/C19H22FN12O9PS2/c20-9-12-8(39-18(9)31-5-25-10-13(21)23-4-24-14(10)31)2-26-44(35,36)41-7-1-6(3-37-42(34,43)40-12)38-17(7)32-15-11(29-30-32)16(33)28-19(22)27-15/h4-9,12,17-18,26H,1-3H2,(H,34,43)(H2,21,23,24)(H3,22,27,28,33)/t6-,7+,8+,9+,12+,17+,18+,42-/m0/s1. The van der Waals surface area contributed by atoms with E-state index in [0.717, 1.165) is 11.0 Å². The predicted molar refractivity (Wildman–Crippen MR) is 147 cm³/mol. The average Bonchev–Trinajstić information content (AvgIpc) is 3.72. The van der Waals surface area contributed by atoms with Crippen LogP contribution in [-0.4, -0.2) is 96.6 Å². The van der Waals surface area contributed by atoms with Crippen molar-refractivity contribution in [2.24, 2.45) is 0 Å². The van der Waals surface area contributed by atoms with Crippen molar-refractivity contribution in [1.29, 1.82) is 0 Å². The maximum atomic E-state index is 15.9. The smallest absolute Gasteiger partial charge is 0.382 e. The number of hydrogen-bond donors (Lipinski definition) is 5. The number of aromatic nitrogens is 9. The largest absolute Gasteiger partial charge is 0.386 e. The molecule has 7 rings (SSSR count). The van der Waals surface area contributed by atoms with E-state index in [1.165, 1.54) is 10.9 Å². The Morgan fingerprint density at radius 3 is 2.75 bits per heavy atom. The van der Waals surface area contributed by atoms with Gasteiger partial charge in [0.25, 0.3) is 5.56 Å². The number of aromatic amines is 1. The third-order valence-corrected chi connectivity index (χ3v) is 9.69. The molecule has 0 spiro atoms. The highest BCUT2D eigenvalue weighted by atomic mass is 32.7. The van der Waals surface area contributed by atoms with Crippen LogP contribution in [0.25, 0.3) is 22.3 Å². The van der Waals surface area contributed by atoms with Crippen molar-refractivity contribution in [1.82, 2.24) is 49.2 Å². The molecule has 0 unspecified atom stereocenters. The number of anilines is 2. The predicted octanol–water partition coefficient (Wildman–Crippen LogP) is -1.29. The normalized spacial score (nSPS) is 34.4. The number of ether oxygens (including phenoxy) is 2. The number of nitrogen functional groups attached to an aromatic ring is 2. The van der Waals surface area contributed by atoms with Gasteiger partial charge < -0.3 is 20.9 Å². The average molecular weight is 677 g/mol. The van der Waals surface area contributed by atoms with E-state index in [1.807, 2.05) is 0 Å². The lowest BCUT2D eigenvalue weighted by Gasteiger charge is -2.24. The summed E-state index contributed by atoms with van der Waals surface area (Å²) in [5.74, 6) is -0.208. The van der Waals surface area contributed by atoms with Gasteiger partial charge in [0.05, 0.1) is 19.0 Å². The van der Waals surface area contributed by atoms with Crippen LogP contribution in [-0.2, 0) is 37.6 Å². The van der Waals surface area contributed by atoms with Gasteiger partial charge in [0.1, 0.15) is 30.2 Å². The molecule has 3 aliphatic rings. The fourth-order valence-corrected chi connectivity index (χ4v) is 7.60. The molecule has 4 aromatic rings. The second-order valence-electron chi connectivity index (χ2n) is 9.91. The number of H-pyrrole nitrogens is 1. The highest BCUT2D eigenvalue weighted by molar-refractivity contribution is 8.44. The minimum atomic E-state index is -4.59. The van der Waals surface area contributed by atoms with E-state index in [1.54, 1.807) is 0 Å². The maximum absolute atomic E-state index is 15.9. The summed E-state index contributed by atoms with van der Waals surface area (Å²) in [7, 11) is -4.59. The number of alkyl halides is 1. The van der Waals surface area contributed by atoms with Gasteiger partial charge in [-0.15, -0.1) is 5.10 Å². The van der Waals surface area contributed by atoms with Gasteiger partial charge in [-0.05, 0) is 0 Å². The summed E-state index contributed by atoms with van der Waals surface area (Å²) in [4.78, 5) is 30.5. The number of fused-ring (bicyclic) bond motifs is 5. The zero-order valence-corrected chi connectivity index (χ0v) is 24.5. The molecule has 0 aromatic carbocycles. The fourth-order valence-electron chi connectivity index (χ4n) is 5.16. The van der Waals surface area contributed by atoms with Crippen LogP contribution in [0.5, 0.6) is 0 Å². The summed E-state index contributed by atoms with van der Waals surface area (Å²) in [6.45, 7) is -5.36. The Morgan fingerprint density at radius 2 is 1.93 bits per heavy atom. The molecule has 0 saturated carbocycles. The Bertz CT molecular complexity index is 1980. The van der Waals surface area contributed by atoms with Crippen LogP contribution in [0.4, 0.5) is 16.2 Å². The molecule has 0 radical (unpaired) electrons. The molecule has 6 N–H and O–H groups in total. The molecule has 4 aromatic heterocycles. The molecule has 7 heterocycles. The first-order valence-corrected chi connectivity index (χ1v) is 16.8. The molecule has 236 valence electrons.